The van der Waals surface area contributed by atoms with Crippen LogP contribution in [-0.4, -0.2) is 11.7 Å². The number of fused-ring (bicyclic) bond motifs is 1. The molecule has 2 N–H and O–H groups in total. The number of aromatic nitrogens is 1. The molecular weight excluding hydrogens is 200 g/mol. The summed E-state index contributed by atoms with van der Waals surface area (Å²) in [6.07, 6.45) is 2.13. The summed E-state index contributed by atoms with van der Waals surface area (Å²) in [5.41, 5.74) is 9.19. The van der Waals surface area contributed by atoms with Crippen molar-refractivity contribution in [1.29, 1.82) is 0 Å². The molecule has 86 valence electrons. The van der Waals surface area contributed by atoms with E-state index in [1.54, 1.807) is 7.11 Å². The minimum absolute atomic E-state index is 0.426. The van der Waals surface area contributed by atoms with Crippen molar-refractivity contribution < 1.29 is 4.74 Å². The van der Waals surface area contributed by atoms with E-state index >= 15 is 0 Å². The van der Waals surface area contributed by atoms with Crippen LogP contribution in [0.3, 0.4) is 0 Å². The van der Waals surface area contributed by atoms with Crippen LogP contribution in [0.15, 0.2) is 24.4 Å². The Balaban J connectivity index is 2.71. The van der Waals surface area contributed by atoms with Gasteiger partial charge >= 0.3 is 0 Å². The van der Waals surface area contributed by atoms with Crippen LogP contribution in [0.25, 0.3) is 10.9 Å². The minimum atomic E-state index is 0.426. The van der Waals surface area contributed by atoms with Crippen LogP contribution in [0.4, 0.5) is 5.69 Å². The summed E-state index contributed by atoms with van der Waals surface area (Å²) in [7, 11) is 1.71. The van der Waals surface area contributed by atoms with Gasteiger partial charge in [-0.05, 0) is 26.0 Å². The molecule has 0 bridgehead atoms. The zero-order valence-electron chi connectivity index (χ0n) is 10.0. The highest BCUT2D eigenvalue weighted by molar-refractivity contribution is 5.94. The van der Waals surface area contributed by atoms with Gasteiger partial charge in [0, 0.05) is 36.0 Å². The maximum atomic E-state index is 6.03. The third-order valence-electron chi connectivity index (χ3n) is 2.83. The van der Waals surface area contributed by atoms with Gasteiger partial charge in [-0.1, -0.05) is 6.07 Å². The van der Waals surface area contributed by atoms with Crippen molar-refractivity contribution in [2.45, 2.75) is 26.5 Å². The number of nitrogens with zero attached hydrogens (tertiary/aromatic N) is 1. The lowest BCUT2D eigenvalue weighted by atomic mass is 10.1. The van der Waals surface area contributed by atoms with Crippen LogP contribution >= 0.6 is 0 Å². The molecule has 2 rings (SSSR count). The zero-order chi connectivity index (χ0) is 11.7. The first-order chi connectivity index (χ1) is 7.65. The van der Waals surface area contributed by atoms with Gasteiger partial charge in [0.05, 0.1) is 12.1 Å². The molecule has 0 saturated carbocycles. The Labute approximate surface area is 95.8 Å². The Morgan fingerprint density at radius 1 is 1.38 bits per heavy atom. The zero-order valence-corrected chi connectivity index (χ0v) is 10.0. The summed E-state index contributed by atoms with van der Waals surface area (Å²) >= 11 is 0. The molecule has 1 aromatic heterocycles. The van der Waals surface area contributed by atoms with Gasteiger partial charge in [0.15, 0.2) is 0 Å². The normalized spacial score (nSPS) is 11.5. The van der Waals surface area contributed by atoms with Gasteiger partial charge < -0.3 is 15.0 Å². The average molecular weight is 218 g/mol. The Hall–Kier alpha value is -1.48. The van der Waals surface area contributed by atoms with Crippen LogP contribution in [-0.2, 0) is 11.3 Å². The van der Waals surface area contributed by atoms with E-state index in [0.717, 1.165) is 16.6 Å². The van der Waals surface area contributed by atoms with Crippen molar-refractivity contribution >= 4 is 16.6 Å². The molecule has 3 heteroatoms. The van der Waals surface area contributed by atoms with Crippen LogP contribution < -0.4 is 5.73 Å². The molecule has 0 saturated heterocycles. The molecule has 0 spiro atoms. The number of rotatable bonds is 3. The lowest BCUT2D eigenvalue weighted by Gasteiger charge is -2.08. The van der Waals surface area contributed by atoms with Crippen molar-refractivity contribution in [2.24, 2.45) is 0 Å². The molecule has 1 aromatic carbocycles. The number of nitrogen functional groups attached to an aromatic ring is 1. The summed E-state index contributed by atoms with van der Waals surface area (Å²) in [5.74, 6) is 0. The SMILES string of the molecule is COCc1cn(C(C)C)c2cccc(N)c12. The van der Waals surface area contributed by atoms with Crippen LogP contribution in [0.1, 0.15) is 25.5 Å². The summed E-state index contributed by atoms with van der Waals surface area (Å²) in [6, 6.07) is 6.46. The largest absolute Gasteiger partial charge is 0.398 e. The van der Waals surface area contributed by atoms with E-state index in [1.165, 1.54) is 5.52 Å². The standard InChI is InChI=1S/C13H18N2O/c1-9(2)15-7-10(8-16-3)13-11(14)5-4-6-12(13)15/h4-7,9H,8,14H2,1-3H3. The van der Waals surface area contributed by atoms with Crippen molar-refractivity contribution in [3.8, 4) is 0 Å². The molecule has 3 nitrogen and oxygen atoms in total. The number of hydrogen-bond acceptors (Lipinski definition) is 2. The number of nitrogens with two attached hydrogens (primary N) is 1. The smallest absolute Gasteiger partial charge is 0.0734 e. The number of benzene rings is 1. The molecule has 0 amide bonds. The van der Waals surface area contributed by atoms with Crippen LogP contribution in [0.2, 0.25) is 0 Å². The monoisotopic (exact) mass is 218 g/mol. The van der Waals surface area contributed by atoms with Gasteiger partial charge in [0.2, 0.25) is 0 Å². The quantitative estimate of drug-likeness (QED) is 0.804. The van der Waals surface area contributed by atoms with Gasteiger partial charge in [0.1, 0.15) is 0 Å². The summed E-state index contributed by atoms with van der Waals surface area (Å²) < 4.78 is 7.45. The van der Waals surface area contributed by atoms with E-state index in [4.69, 9.17) is 10.5 Å². The number of ether oxygens (including phenoxy) is 1. The topological polar surface area (TPSA) is 40.2 Å². The molecule has 1 heterocycles. The van der Waals surface area contributed by atoms with E-state index in [9.17, 15) is 0 Å². The number of hydrogen-bond donors (Lipinski definition) is 1. The van der Waals surface area contributed by atoms with Crippen molar-refractivity contribution in [2.75, 3.05) is 12.8 Å². The Morgan fingerprint density at radius 2 is 2.12 bits per heavy atom. The Morgan fingerprint density at radius 3 is 2.75 bits per heavy atom. The van der Waals surface area contributed by atoms with E-state index in [1.807, 2.05) is 12.1 Å². The second-order valence-corrected chi connectivity index (χ2v) is 4.33. The first-order valence-corrected chi connectivity index (χ1v) is 5.52. The molecule has 2 aromatic rings. The summed E-state index contributed by atoms with van der Waals surface area (Å²) in [4.78, 5) is 0. The lowest BCUT2D eigenvalue weighted by Crippen LogP contribution is -1.98. The molecule has 0 atom stereocenters. The molecule has 0 aliphatic carbocycles. The Kier molecular flexibility index (Phi) is 2.88. The molecule has 0 radical (unpaired) electrons. The molecular formula is C13H18N2O. The van der Waals surface area contributed by atoms with E-state index in [-0.39, 0.29) is 0 Å². The third kappa shape index (κ3) is 1.67. The van der Waals surface area contributed by atoms with Crippen molar-refractivity contribution in [3.05, 3.63) is 30.0 Å². The van der Waals surface area contributed by atoms with Gasteiger partial charge in [-0.2, -0.15) is 0 Å². The molecule has 0 fully saturated rings. The van der Waals surface area contributed by atoms with Crippen molar-refractivity contribution in [1.82, 2.24) is 4.57 Å². The van der Waals surface area contributed by atoms with E-state index < -0.39 is 0 Å². The fourth-order valence-corrected chi connectivity index (χ4v) is 2.12. The predicted octanol–water partition coefficient (Wildman–Crippen LogP) is 2.95. The highest BCUT2D eigenvalue weighted by Crippen LogP contribution is 2.29. The first kappa shape index (κ1) is 11.0. The second kappa shape index (κ2) is 4.18. The van der Waals surface area contributed by atoms with Gasteiger partial charge in [0.25, 0.3) is 0 Å². The van der Waals surface area contributed by atoms with E-state index in [2.05, 4.69) is 30.7 Å². The highest BCUT2D eigenvalue weighted by atomic mass is 16.5. The second-order valence-electron chi connectivity index (χ2n) is 4.33. The third-order valence-corrected chi connectivity index (χ3v) is 2.83. The first-order valence-electron chi connectivity index (χ1n) is 5.52. The lowest BCUT2D eigenvalue weighted by molar-refractivity contribution is 0.185. The predicted molar refractivity (Wildman–Crippen MR) is 67.4 cm³/mol. The van der Waals surface area contributed by atoms with Gasteiger partial charge in [-0.3, -0.25) is 0 Å². The Bertz CT molecular complexity index is 500. The maximum Gasteiger partial charge on any atom is 0.0734 e. The molecule has 0 aliphatic heterocycles. The maximum absolute atomic E-state index is 6.03. The molecule has 0 aliphatic rings. The summed E-state index contributed by atoms with van der Waals surface area (Å²) in [6.45, 7) is 4.93. The average Bonchev–Trinajstić information content (AvgIpc) is 2.59. The summed E-state index contributed by atoms with van der Waals surface area (Å²) in [5, 5.41) is 1.12. The fourth-order valence-electron chi connectivity index (χ4n) is 2.12. The van der Waals surface area contributed by atoms with Crippen LogP contribution in [0.5, 0.6) is 0 Å². The minimum Gasteiger partial charge on any atom is -0.398 e. The van der Waals surface area contributed by atoms with E-state index in [0.29, 0.717) is 12.6 Å². The fraction of sp³-hybridized carbons (Fsp3) is 0.385. The number of methoxy groups -OCH3 is 1. The number of anilines is 1. The van der Waals surface area contributed by atoms with Crippen molar-refractivity contribution in [3.63, 3.8) is 0 Å². The molecule has 0 unspecified atom stereocenters. The molecule has 16 heavy (non-hydrogen) atoms. The van der Waals surface area contributed by atoms with Gasteiger partial charge in [-0.15, -0.1) is 0 Å². The highest BCUT2D eigenvalue weighted by Gasteiger charge is 2.12. The van der Waals surface area contributed by atoms with Crippen LogP contribution in [0, 0.1) is 0 Å². The van der Waals surface area contributed by atoms with Gasteiger partial charge in [-0.25, -0.2) is 0 Å².